The zero-order valence-electron chi connectivity index (χ0n) is 11.5. The van der Waals surface area contributed by atoms with Gasteiger partial charge >= 0.3 is 0 Å². The summed E-state index contributed by atoms with van der Waals surface area (Å²) in [4.78, 5) is 0. The van der Waals surface area contributed by atoms with Crippen molar-refractivity contribution in [3.05, 3.63) is 42.5 Å². The summed E-state index contributed by atoms with van der Waals surface area (Å²) in [5, 5.41) is 2.40. The maximum atomic E-state index is 5.87. The molecule has 2 aromatic rings. The molecule has 4 heteroatoms. The third kappa shape index (κ3) is 4.89. The lowest BCUT2D eigenvalue weighted by molar-refractivity contribution is 0.307. The van der Waals surface area contributed by atoms with Crippen molar-refractivity contribution in [3.63, 3.8) is 0 Å². The van der Waals surface area contributed by atoms with Gasteiger partial charge < -0.3 is 10.5 Å². The molecule has 0 aliphatic carbocycles. The number of rotatable bonds is 7. The number of hydrogen-bond acceptors (Lipinski definition) is 3. The molecule has 1 unspecified atom stereocenters. The summed E-state index contributed by atoms with van der Waals surface area (Å²) in [6, 6.07) is 14.7. The molecule has 0 saturated carbocycles. The Morgan fingerprint density at radius 3 is 2.60 bits per heavy atom. The molecule has 0 aliphatic rings. The molecule has 1 atom stereocenters. The van der Waals surface area contributed by atoms with E-state index in [0.717, 1.165) is 37.4 Å². The van der Waals surface area contributed by atoms with Crippen LogP contribution in [0.2, 0.25) is 0 Å². The zero-order chi connectivity index (χ0) is 13.5. The van der Waals surface area contributed by atoms with Crippen molar-refractivity contribution >= 4 is 35.8 Å². The van der Waals surface area contributed by atoms with Gasteiger partial charge in [0.2, 0.25) is 0 Å². The molecule has 0 radical (unpaired) electrons. The largest absolute Gasteiger partial charge is 0.493 e. The van der Waals surface area contributed by atoms with Crippen LogP contribution in [0.4, 0.5) is 0 Å². The second-order valence-corrected chi connectivity index (χ2v) is 5.13. The minimum absolute atomic E-state index is 0. The molecule has 2 rings (SSSR count). The minimum atomic E-state index is 0. The number of ether oxygens (including phenoxy) is 1. The van der Waals surface area contributed by atoms with E-state index in [0.29, 0.717) is 0 Å². The van der Waals surface area contributed by atoms with E-state index in [1.807, 2.05) is 24.3 Å². The number of fused-ring (bicyclic) bond motifs is 1. The summed E-state index contributed by atoms with van der Waals surface area (Å²) in [7, 11) is 0. The second kappa shape index (κ2) is 9.11. The van der Waals surface area contributed by atoms with Crippen LogP contribution in [-0.4, -0.2) is 18.4 Å². The molecular weight excluding hydrogens is 290 g/mol. The normalized spacial score (nSPS) is 11.9. The highest BCUT2D eigenvalue weighted by atomic mass is 35.5. The quantitative estimate of drug-likeness (QED) is 0.597. The Morgan fingerprint density at radius 1 is 1.05 bits per heavy atom. The number of thiol groups is 1. The topological polar surface area (TPSA) is 35.2 Å². The van der Waals surface area contributed by atoms with Crippen molar-refractivity contribution in [2.75, 3.05) is 12.4 Å². The van der Waals surface area contributed by atoms with E-state index in [-0.39, 0.29) is 18.4 Å². The van der Waals surface area contributed by atoms with E-state index in [4.69, 9.17) is 10.5 Å². The van der Waals surface area contributed by atoms with Gasteiger partial charge in [0, 0.05) is 17.2 Å². The van der Waals surface area contributed by atoms with Crippen LogP contribution in [0.3, 0.4) is 0 Å². The van der Waals surface area contributed by atoms with Gasteiger partial charge in [0.25, 0.3) is 0 Å². The van der Waals surface area contributed by atoms with E-state index in [2.05, 4.69) is 30.8 Å². The molecule has 2 nitrogen and oxygen atoms in total. The smallest absolute Gasteiger partial charge is 0.127 e. The Balaban J connectivity index is 0.00000200. The number of benzene rings is 2. The number of unbranched alkanes of at least 4 members (excludes halogenated alkanes) is 1. The molecule has 0 spiro atoms. The summed E-state index contributed by atoms with van der Waals surface area (Å²) in [5.41, 5.74) is 5.82. The van der Waals surface area contributed by atoms with Crippen LogP contribution in [0.1, 0.15) is 19.3 Å². The van der Waals surface area contributed by atoms with Crippen LogP contribution in [0.15, 0.2) is 42.5 Å². The van der Waals surface area contributed by atoms with Crippen LogP contribution in [0, 0.1) is 0 Å². The van der Waals surface area contributed by atoms with E-state index >= 15 is 0 Å². The monoisotopic (exact) mass is 311 g/mol. The Labute approximate surface area is 132 Å². The Hall–Kier alpha value is -0.900. The summed E-state index contributed by atoms with van der Waals surface area (Å²) in [6.45, 7) is 0.743. The highest BCUT2D eigenvalue weighted by Gasteiger charge is 2.02. The lowest BCUT2D eigenvalue weighted by Gasteiger charge is -2.10. The maximum Gasteiger partial charge on any atom is 0.127 e. The highest BCUT2D eigenvalue weighted by molar-refractivity contribution is 7.80. The molecule has 0 saturated heterocycles. The first kappa shape index (κ1) is 17.2. The summed E-state index contributed by atoms with van der Waals surface area (Å²) in [6.07, 6.45) is 3.14. The van der Waals surface area contributed by atoms with Gasteiger partial charge in [-0.3, -0.25) is 0 Å². The number of hydrogen-bond donors (Lipinski definition) is 2. The average molecular weight is 312 g/mol. The Kier molecular flexibility index (Phi) is 7.82. The van der Waals surface area contributed by atoms with Crippen LogP contribution in [0.25, 0.3) is 10.8 Å². The molecule has 2 aromatic carbocycles. The predicted octanol–water partition coefficient (Wildman–Crippen LogP) is 4.07. The zero-order valence-corrected chi connectivity index (χ0v) is 13.2. The van der Waals surface area contributed by atoms with Crippen molar-refractivity contribution in [2.24, 2.45) is 5.73 Å². The fourth-order valence-corrected chi connectivity index (χ4v) is 2.29. The van der Waals surface area contributed by atoms with Crippen molar-refractivity contribution in [3.8, 4) is 5.75 Å². The molecule has 2 N–H and O–H groups in total. The van der Waals surface area contributed by atoms with Gasteiger partial charge in [-0.2, -0.15) is 12.6 Å². The average Bonchev–Trinajstić information content (AvgIpc) is 2.46. The second-order valence-electron chi connectivity index (χ2n) is 4.76. The first-order valence-electron chi connectivity index (χ1n) is 6.78. The van der Waals surface area contributed by atoms with Crippen molar-refractivity contribution in [2.45, 2.75) is 25.3 Å². The lowest BCUT2D eigenvalue weighted by Crippen LogP contribution is -2.21. The van der Waals surface area contributed by atoms with Gasteiger partial charge in [0.05, 0.1) is 6.61 Å². The van der Waals surface area contributed by atoms with Crippen molar-refractivity contribution < 1.29 is 4.74 Å². The molecule has 0 heterocycles. The van der Waals surface area contributed by atoms with E-state index in [1.54, 1.807) is 0 Å². The molecule has 20 heavy (non-hydrogen) atoms. The number of nitrogens with two attached hydrogens (primary N) is 1. The van der Waals surface area contributed by atoms with Gasteiger partial charge in [0.1, 0.15) is 5.75 Å². The molecule has 110 valence electrons. The molecule has 0 aliphatic heterocycles. The Morgan fingerprint density at radius 2 is 1.80 bits per heavy atom. The maximum absolute atomic E-state index is 5.87. The van der Waals surface area contributed by atoms with E-state index in [1.165, 1.54) is 10.8 Å². The molecule has 0 amide bonds. The van der Waals surface area contributed by atoms with Gasteiger partial charge in [0.15, 0.2) is 0 Å². The lowest BCUT2D eigenvalue weighted by atomic mass is 10.1. The molecule has 0 aromatic heterocycles. The van der Waals surface area contributed by atoms with Crippen LogP contribution in [0.5, 0.6) is 5.75 Å². The summed E-state index contributed by atoms with van der Waals surface area (Å²) in [5.74, 6) is 1.72. The van der Waals surface area contributed by atoms with Gasteiger partial charge in [-0.1, -0.05) is 36.4 Å². The van der Waals surface area contributed by atoms with Gasteiger partial charge in [-0.25, -0.2) is 0 Å². The van der Waals surface area contributed by atoms with Crippen LogP contribution >= 0.6 is 25.0 Å². The SMILES string of the molecule is Cl.NC(CS)CCCCOc1cccc2ccccc12. The third-order valence-corrected chi connectivity index (χ3v) is 3.68. The van der Waals surface area contributed by atoms with Gasteiger partial charge in [-0.15, -0.1) is 12.4 Å². The summed E-state index contributed by atoms with van der Waals surface area (Å²) < 4.78 is 5.87. The predicted molar refractivity (Wildman–Crippen MR) is 92.4 cm³/mol. The molecule has 0 bridgehead atoms. The fraction of sp³-hybridized carbons (Fsp3) is 0.375. The molecule has 0 fully saturated rings. The van der Waals surface area contributed by atoms with Crippen molar-refractivity contribution in [1.82, 2.24) is 0 Å². The van der Waals surface area contributed by atoms with E-state index in [9.17, 15) is 0 Å². The first-order chi connectivity index (χ1) is 9.31. The standard InChI is InChI=1S/C16H21NOS.ClH/c17-14(12-19)8-3-4-11-18-16-10-5-7-13-6-1-2-9-15(13)16;/h1-2,5-7,9-10,14,19H,3-4,8,11-12,17H2;1H. The highest BCUT2D eigenvalue weighted by Crippen LogP contribution is 2.25. The minimum Gasteiger partial charge on any atom is -0.493 e. The first-order valence-corrected chi connectivity index (χ1v) is 7.41. The van der Waals surface area contributed by atoms with Gasteiger partial charge in [-0.05, 0) is 30.7 Å². The third-order valence-electron chi connectivity index (χ3n) is 3.21. The summed E-state index contributed by atoms with van der Waals surface area (Å²) >= 11 is 4.18. The molecular formula is C16H22ClNOS. The van der Waals surface area contributed by atoms with Crippen LogP contribution in [-0.2, 0) is 0 Å². The fourth-order valence-electron chi connectivity index (χ4n) is 2.10. The number of halogens is 1. The Bertz CT molecular complexity index is 515. The van der Waals surface area contributed by atoms with Crippen molar-refractivity contribution in [1.29, 1.82) is 0 Å². The van der Waals surface area contributed by atoms with E-state index < -0.39 is 0 Å². The van der Waals surface area contributed by atoms with Crippen LogP contribution < -0.4 is 10.5 Å².